The number of hydrogen-bond donors (Lipinski definition) is 1. The Balaban J connectivity index is 1.88. The van der Waals surface area contributed by atoms with Crippen molar-refractivity contribution in [1.82, 2.24) is 9.47 Å². The number of amides is 2. The Morgan fingerprint density at radius 2 is 1.88 bits per heavy atom. The highest BCUT2D eigenvalue weighted by Gasteiger charge is 2.35. The Morgan fingerprint density at radius 1 is 1.22 bits per heavy atom. The van der Waals surface area contributed by atoms with Crippen molar-refractivity contribution in [2.45, 2.75) is 32.7 Å². The number of pyridine rings is 1. The van der Waals surface area contributed by atoms with E-state index >= 15 is 0 Å². The van der Waals surface area contributed by atoms with Crippen LogP contribution in [-0.4, -0.2) is 44.7 Å². The first-order valence-corrected chi connectivity index (χ1v) is 11.9. The third-order valence-corrected chi connectivity index (χ3v) is 7.47. The molecule has 4 rings (SSSR count). The predicted molar refractivity (Wildman–Crippen MR) is 133 cm³/mol. The zero-order valence-corrected chi connectivity index (χ0v) is 20.0. The van der Waals surface area contributed by atoms with Gasteiger partial charge in [0.1, 0.15) is 4.32 Å². The van der Waals surface area contributed by atoms with Crippen molar-refractivity contribution < 1.29 is 9.59 Å². The standard InChI is InChI=1S/C23H26N4O3S2/c1-13(2)27-22(30)18(32-23(27)31)12-16-19(26-10-8-14(9-11-26)20(24)28)15-6-4-5-7-17(15)25(3)21(16)29/h4-7,12-14H,8-11H2,1-3H3,(H2,24,28). The van der Waals surface area contributed by atoms with Crippen LogP contribution >= 0.6 is 24.0 Å². The van der Waals surface area contributed by atoms with Crippen molar-refractivity contribution in [1.29, 1.82) is 0 Å². The van der Waals surface area contributed by atoms with Crippen LogP contribution in [0.1, 0.15) is 32.3 Å². The van der Waals surface area contributed by atoms with Crippen LogP contribution < -0.4 is 16.2 Å². The van der Waals surface area contributed by atoms with Gasteiger partial charge in [-0.25, -0.2) is 0 Å². The van der Waals surface area contributed by atoms with E-state index in [0.717, 1.165) is 16.6 Å². The SMILES string of the molecule is CC(C)N1C(=O)C(=Cc2c(N3CCC(C(N)=O)CC3)c3ccccc3n(C)c2=O)SC1=S. The maximum Gasteiger partial charge on any atom is 0.266 e. The number of para-hydroxylation sites is 1. The first-order valence-electron chi connectivity index (χ1n) is 10.6. The van der Waals surface area contributed by atoms with Crippen molar-refractivity contribution in [3.8, 4) is 0 Å². The van der Waals surface area contributed by atoms with Gasteiger partial charge in [-0.3, -0.25) is 19.3 Å². The number of rotatable bonds is 4. The van der Waals surface area contributed by atoms with E-state index in [1.165, 1.54) is 11.8 Å². The molecule has 168 valence electrons. The minimum Gasteiger partial charge on any atom is -0.370 e. The summed E-state index contributed by atoms with van der Waals surface area (Å²) in [6.07, 6.45) is 2.95. The third-order valence-electron chi connectivity index (χ3n) is 6.14. The van der Waals surface area contributed by atoms with Crippen LogP contribution in [0.2, 0.25) is 0 Å². The molecule has 0 aliphatic carbocycles. The second kappa shape index (κ2) is 8.71. The highest BCUT2D eigenvalue weighted by Crippen LogP contribution is 2.37. The van der Waals surface area contributed by atoms with Crippen molar-refractivity contribution >= 4 is 62.8 Å². The molecule has 2 N–H and O–H groups in total. The zero-order valence-electron chi connectivity index (χ0n) is 18.3. The molecular weight excluding hydrogens is 444 g/mol. The molecule has 2 fully saturated rings. The van der Waals surface area contributed by atoms with Gasteiger partial charge >= 0.3 is 0 Å². The van der Waals surface area contributed by atoms with Crippen LogP contribution in [0.3, 0.4) is 0 Å². The lowest BCUT2D eigenvalue weighted by Gasteiger charge is -2.34. The number of nitrogens with zero attached hydrogens (tertiary/aromatic N) is 3. The minimum absolute atomic E-state index is 0.0554. The van der Waals surface area contributed by atoms with Gasteiger partial charge in [-0.05, 0) is 38.8 Å². The molecule has 0 saturated carbocycles. The molecule has 2 saturated heterocycles. The van der Waals surface area contributed by atoms with Crippen LogP contribution in [0.15, 0.2) is 34.0 Å². The van der Waals surface area contributed by atoms with Gasteiger partial charge in [-0.15, -0.1) is 0 Å². The number of thioether (sulfide) groups is 1. The van der Waals surface area contributed by atoms with E-state index in [-0.39, 0.29) is 29.3 Å². The molecule has 0 atom stereocenters. The number of benzene rings is 1. The van der Waals surface area contributed by atoms with Crippen molar-refractivity contribution in [3.63, 3.8) is 0 Å². The van der Waals surface area contributed by atoms with Crippen molar-refractivity contribution in [2.24, 2.45) is 18.7 Å². The average molecular weight is 471 g/mol. The average Bonchev–Trinajstić information content (AvgIpc) is 3.05. The number of piperidine rings is 1. The molecule has 32 heavy (non-hydrogen) atoms. The van der Waals surface area contributed by atoms with E-state index in [0.29, 0.717) is 40.7 Å². The number of carbonyl (C=O) groups is 2. The van der Waals surface area contributed by atoms with E-state index in [1.807, 2.05) is 38.1 Å². The van der Waals surface area contributed by atoms with Gasteiger partial charge in [0.2, 0.25) is 5.91 Å². The summed E-state index contributed by atoms with van der Waals surface area (Å²) >= 11 is 6.63. The van der Waals surface area contributed by atoms with Gasteiger partial charge in [0.05, 0.1) is 21.7 Å². The molecule has 2 amide bonds. The summed E-state index contributed by atoms with van der Waals surface area (Å²) in [4.78, 5) is 42.3. The summed E-state index contributed by atoms with van der Waals surface area (Å²) in [5.74, 6) is -0.616. The van der Waals surface area contributed by atoms with E-state index < -0.39 is 0 Å². The van der Waals surface area contributed by atoms with Gasteiger partial charge in [0.15, 0.2) is 0 Å². The van der Waals surface area contributed by atoms with Crippen molar-refractivity contribution in [2.75, 3.05) is 18.0 Å². The fraction of sp³-hybridized carbons (Fsp3) is 0.391. The highest BCUT2D eigenvalue weighted by molar-refractivity contribution is 8.26. The van der Waals surface area contributed by atoms with Gasteiger partial charge in [0.25, 0.3) is 11.5 Å². The number of primary amides is 1. The topological polar surface area (TPSA) is 88.6 Å². The van der Waals surface area contributed by atoms with Crippen molar-refractivity contribution in [3.05, 3.63) is 45.1 Å². The fourth-order valence-electron chi connectivity index (χ4n) is 4.42. The molecule has 0 unspecified atom stereocenters. The summed E-state index contributed by atoms with van der Waals surface area (Å²) in [7, 11) is 1.74. The third kappa shape index (κ3) is 3.84. The Kier molecular flexibility index (Phi) is 6.13. The maximum atomic E-state index is 13.5. The first-order chi connectivity index (χ1) is 15.2. The minimum atomic E-state index is -0.281. The molecule has 2 aliphatic heterocycles. The lowest BCUT2D eigenvalue weighted by molar-refractivity contribution is -0.123. The summed E-state index contributed by atoms with van der Waals surface area (Å²) in [6.45, 7) is 5.05. The van der Waals surface area contributed by atoms with Gasteiger partial charge < -0.3 is 15.2 Å². The molecule has 1 aromatic heterocycles. The molecule has 3 heterocycles. The molecular formula is C23H26N4O3S2. The Morgan fingerprint density at radius 3 is 2.47 bits per heavy atom. The predicted octanol–water partition coefficient (Wildman–Crippen LogP) is 2.85. The molecule has 0 bridgehead atoms. The van der Waals surface area contributed by atoms with Crippen LogP contribution in [-0.2, 0) is 16.6 Å². The largest absolute Gasteiger partial charge is 0.370 e. The molecule has 2 aromatic rings. The smallest absolute Gasteiger partial charge is 0.266 e. The van der Waals surface area contributed by atoms with E-state index in [9.17, 15) is 14.4 Å². The number of nitrogens with two attached hydrogens (primary N) is 1. The Bertz CT molecular complexity index is 1210. The monoisotopic (exact) mass is 470 g/mol. The van der Waals surface area contributed by atoms with Gasteiger partial charge in [-0.1, -0.05) is 42.2 Å². The summed E-state index contributed by atoms with van der Waals surface area (Å²) in [5, 5.41) is 0.928. The van der Waals surface area contributed by atoms with E-state index in [4.69, 9.17) is 18.0 Å². The van der Waals surface area contributed by atoms with Crippen LogP contribution in [0, 0.1) is 5.92 Å². The first kappa shape index (κ1) is 22.5. The van der Waals surface area contributed by atoms with E-state index in [2.05, 4.69) is 4.90 Å². The quantitative estimate of drug-likeness (QED) is 0.546. The number of thiocarbonyl (C=S) groups is 1. The molecule has 2 aliphatic rings. The fourth-order valence-corrected chi connectivity index (χ4v) is 5.92. The number of anilines is 1. The summed E-state index contributed by atoms with van der Waals surface area (Å²) in [6, 6.07) is 7.69. The molecule has 7 nitrogen and oxygen atoms in total. The lowest BCUT2D eigenvalue weighted by Crippen LogP contribution is -2.40. The van der Waals surface area contributed by atoms with Crippen LogP contribution in [0.25, 0.3) is 17.0 Å². The number of carbonyl (C=O) groups excluding carboxylic acids is 2. The van der Waals surface area contributed by atoms with Gasteiger partial charge in [0, 0.05) is 37.5 Å². The molecule has 9 heteroatoms. The second-order valence-corrected chi connectivity index (χ2v) is 10.1. The zero-order chi connectivity index (χ0) is 23.2. The van der Waals surface area contributed by atoms with Gasteiger partial charge in [-0.2, -0.15) is 0 Å². The lowest BCUT2D eigenvalue weighted by atomic mass is 9.94. The summed E-state index contributed by atoms with van der Waals surface area (Å²) in [5.41, 5.74) is 7.41. The molecule has 0 spiro atoms. The summed E-state index contributed by atoms with van der Waals surface area (Å²) < 4.78 is 2.11. The second-order valence-electron chi connectivity index (χ2n) is 8.45. The molecule has 1 aromatic carbocycles. The number of aryl methyl sites for hydroxylation is 1. The Hall–Kier alpha value is -2.65. The molecule has 0 radical (unpaired) electrons. The number of hydrogen-bond acceptors (Lipinski definition) is 6. The number of fused-ring (bicyclic) bond motifs is 1. The van der Waals surface area contributed by atoms with E-state index in [1.54, 1.807) is 22.6 Å². The maximum absolute atomic E-state index is 13.5. The number of aromatic nitrogens is 1. The van der Waals surface area contributed by atoms with Crippen LogP contribution in [0.4, 0.5) is 5.69 Å². The normalized spacial score (nSPS) is 19.1. The van der Waals surface area contributed by atoms with Crippen LogP contribution in [0.5, 0.6) is 0 Å². The highest BCUT2D eigenvalue weighted by atomic mass is 32.2. The Labute approximate surface area is 196 Å².